The van der Waals surface area contributed by atoms with Gasteiger partial charge in [0.1, 0.15) is 6.67 Å². The highest BCUT2D eigenvalue weighted by Gasteiger charge is 2.00. The minimum Gasteiger partial charge on any atom is -0.310 e. The Balaban J connectivity index is 2.45. The van der Waals surface area contributed by atoms with E-state index in [1.165, 1.54) is 0 Å². The summed E-state index contributed by atoms with van der Waals surface area (Å²) < 4.78 is 13.5. The maximum atomic E-state index is 11.7. The number of nitrogens with one attached hydrogen (secondary N) is 1. The minimum atomic E-state index is -0.320. The van der Waals surface area contributed by atoms with E-state index in [0.29, 0.717) is 13.1 Å². The summed E-state index contributed by atoms with van der Waals surface area (Å²) in [6, 6.07) is 0. The number of aromatic nitrogens is 2. The summed E-state index contributed by atoms with van der Waals surface area (Å²) in [5.74, 6) is 0. The van der Waals surface area contributed by atoms with Crippen LogP contribution >= 0.6 is 0 Å². The minimum absolute atomic E-state index is 0.320. The molecule has 1 aromatic rings. The Bertz CT molecular complexity index is 244. The first kappa shape index (κ1) is 9.19. The summed E-state index contributed by atoms with van der Waals surface area (Å²) in [5.41, 5.74) is 2.13. The van der Waals surface area contributed by atoms with Gasteiger partial charge in [-0.15, -0.1) is 0 Å². The van der Waals surface area contributed by atoms with E-state index in [4.69, 9.17) is 0 Å². The maximum Gasteiger partial charge on any atom is 0.102 e. The van der Waals surface area contributed by atoms with Crippen LogP contribution in [0.3, 0.4) is 0 Å². The summed E-state index contributed by atoms with van der Waals surface area (Å²) in [5, 5.41) is 7.15. The molecule has 0 atom stereocenters. The Kier molecular flexibility index (Phi) is 3.22. The van der Waals surface area contributed by atoms with Crippen LogP contribution in [-0.2, 0) is 13.6 Å². The lowest BCUT2D eigenvalue weighted by atomic mass is 10.3. The maximum absolute atomic E-state index is 11.7. The van der Waals surface area contributed by atoms with Crippen LogP contribution in [0.25, 0.3) is 0 Å². The first-order valence-electron chi connectivity index (χ1n) is 4.00. The van der Waals surface area contributed by atoms with Gasteiger partial charge in [-0.1, -0.05) is 0 Å². The molecule has 0 amide bonds. The van der Waals surface area contributed by atoms with Crippen LogP contribution in [0.5, 0.6) is 0 Å². The molecule has 3 nitrogen and oxygen atoms in total. The van der Waals surface area contributed by atoms with Gasteiger partial charge in [0.25, 0.3) is 0 Å². The first-order chi connectivity index (χ1) is 5.74. The number of halogens is 1. The van der Waals surface area contributed by atoms with Crippen LogP contribution in [0.1, 0.15) is 11.3 Å². The highest BCUT2D eigenvalue weighted by Crippen LogP contribution is 2.02. The second-order valence-corrected chi connectivity index (χ2v) is 2.78. The van der Waals surface area contributed by atoms with E-state index < -0.39 is 0 Å². The van der Waals surface area contributed by atoms with Crippen LogP contribution in [-0.4, -0.2) is 23.0 Å². The van der Waals surface area contributed by atoms with Crippen molar-refractivity contribution < 1.29 is 4.39 Å². The van der Waals surface area contributed by atoms with Crippen LogP contribution in [0, 0.1) is 6.92 Å². The lowest BCUT2D eigenvalue weighted by molar-refractivity contribution is 0.466. The van der Waals surface area contributed by atoms with Crippen LogP contribution in [0.2, 0.25) is 0 Å². The molecule has 0 aliphatic carbocycles. The van der Waals surface area contributed by atoms with E-state index in [0.717, 1.165) is 11.3 Å². The highest BCUT2D eigenvalue weighted by atomic mass is 19.1. The van der Waals surface area contributed by atoms with Crippen molar-refractivity contribution in [3.63, 3.8) is 0 Å². The van der Waals surface area contributed by atoms with Gasteiger partial charge in [-0.05, 0) is 6.92 Å². The monoisotopic (exact) mass is 171 g/mol. The molecular formula is C8H14FN3. The topological polar surface area (TPSA) is 29.9 Å². The molecule has 1 N–H and O–H groups in total. The van der Waals surface area contributed by atoms with E-state index in [1.807, 2.05) is 20.2 Å². The van der Waals surface area contributed by atoms with Crippen molar-refractivity contribution in [2.75, 3.05) is 13.2 Å². The van der Waals surface area contributed by atoms with Gasteiger partial charge in [-0.3, -0.25) is 4.68 Å². The van der Waals surface area contributed by atoms with Gasteiger partial charge >= 0.3 is 0 Å². The molecule has 0 aromatic carbocycles. The summed E-state index contributed by atoms with van der Waals surface area (Å²) in [4.78, 5) is 0. The standard InChI is InChI=1S/C8H14FN3/c1-7-8(5-10-4-3-9)6-12(2)11-7/h6,10H,3-5H2,1-2H3. The van der Waals surface area contributed by atoms with Gasteiger partial charge in [0, 0.05) is 31.9 Å². The van der Waals surface area contributed by atoms with Gasteiger partial charge in [0.05, 0.1) is 5.69 Å². The number of hydrogen-bond acceptors (Lipinski definition) is 2. The molecule has 0 aliphatic heterocycles. The summed E-state index contributed by atoms with van der Waals surface area (Å²) in [6.07, 6.45) is 1.95. The average Bonchev–Trinajstić information content (AvgIpc) is 2.31. The van der Waals surface area contributed by atoms with Crippen molar-refractivity contribution in [3.8, 4) is 0 Å². The van der Waals surface area contributed by atoms with Crippen molar-refractivity contribution in [1.82, 2.24) is 15.1 Å². The fraction of sp³-hybridized carbons (Fsp3) is 0.625. The molecule has 0 spiro atoms. The second-order valence-electron chi connectivity index (χ2n) is 2.78. The van der Waals surface area contributed by atoms with Gasteiger partial charge < -0.3 is 5.32 Å². The number of hydrogen-bond donors (Lipinski definition) is 1. The predicted octanol–water partition coefficient (Wildman–Crippen LogP) is 0.788. The van der Waals surface area contributed by atoms with Crippen molar-refractivity contribution >= 4 is 0 Å². The van der Waals surface area contributed by atoms with Crippen LogP contribution in [0.15, 0.2) is 6.20 Å². The Morgan fingerprint density at radius 1 is 1.67 bits per heavy atom. The second kappa shape index (κ2) is 4.21. The molecule has 12 heavy (non-hydrogen) atoms. The van der Waals surface area contributed by atoms with Crippen molar-refractivity contribution in [3.05, 3.63) is 17.5 Å². The Labute approximate surface area is 71.6 Å². The van der Waals surface area contributed by atoms with Crippen LogP contribution in [0.4, 0.5) is 4.39 Å². The molecule has 68 valence electrons. The number of rotatable bonds is 4. The molecule has 0 fully saturated rings. The van der Waals surface area contributed by atoms with Crippen molar-refractivity contribution in [2.24, 2.45) is 7.05 Å². The molecule has 0 bridgehead atoms. The zero-order valence-electron chi connectivity index (χ0n) is 7.47. The van der Waals surface area contributed by atoms with E-state index in [-0.39, 0.29) is 6.67 Å². The van der Waals surface area contributed by atoms with Gasteiger partial charge in [-0.25, -0.2) is 4.39 Å². The molecule has 4 heteroatoms. The van der Waals surface area contributed by atoms with Crippen molar-refractivity contribution in [2.45, 2.75) is 13.5 Å². The zero-order chi connectivity index (χ0) is 8.97. The van der Waals surface area contributed by atoms with Crippen molar-refractivity contribution in [1.29, 1.82) is 0 Å². The zero-order valence-corrected chi connectivity index (χ0v) is 7.47. The number of nitrogens with zero attached hydrogens (tertiary/aromatic N) is 2. The van der Waals surface area contributed by atoms with Crippen LogP contribution < -0.4 is 5.32 Å². The molecular weight excluding hydrogens is 157 g/mol. The molecule has 1 heterocycles. The van der Waals surface area contributed by atoms with E-state index in [9.17, 15) is 4.39 Å². The van der Waals surface area contributed by atoms with Gasteiger partial charge in [-0.2, -0.15) is 5.10 Å². The van der Waals surface area contributed by atoms with E-state index in [2.05, 4.69) is 10.4 Å². The molecule has 0 saturated carbocycles. The fourth-order valence-corrected chi connectivity index (χ4v) is 1.11. The summed E-state index contributed by atoms with van der Waals surface area (Å²) in [7, 11) is 1.88. The lowest BCUT2D eigenvalue weighted by Gasteiger charge is -1.98. The third kappa shape index (κ3) is 2.30. The quantitative estimate of drug-likeness (QED) is 0.679. The number of aryl methyl sites for hydroxylation is 2. The van der Waals surface area contributed by atoms with Gasteiger partial charge in [0.2, 0.25) is 0 Å². The summed E-state index contributed by atoms with van der Waals surface area (Å²) >= 11 is 0. The normalized spacial score (nSPS) is 10.6. The largest absolute Gasteiger partial charge is 0.310 e. The third-order valence-electron chi connectivity index (χ3n) is 1.70. The fourth-order valence-electron chi connectivity index (χ4n) is 1.11. The Morgan fingerprint density at radius 2 is 2.42 bits per heavy atom. The molecule has 1 rings (SSSR count). The Hall–Kier alpha value is -0.900. The SMILES string of the molecule is Cc1nn(C)cc1CNCCF. The summed E-state index contributed by atoms with van der Waals surface area (Å²) in [6.45, 7) is 2.74. The van der Waals surface area contributed by atoms with E-state index in [1.54, 1.807) is 4.68 Å². The smallest absolute Gasteiger partial charge is 0.102 e. The predicted molar refractivity (Wildman–Crippen MR) is 45.6 cm³/mol. The molecule has 0 aliphatic rings. The third-order valence-corrected chi connectivity index (χ3v) is 1.70. The molecule has 0 radical (unpaired) electrons. The molecule has 0 unspecified atom stereocenters. The Morgan fingerprint density at radius 3 is 2.92 bits per heavy atom. The van der Waals surface area contributed by atoms with E-state index >= 15 is 0 Å². The number of alkyl halides is 1. The molecule has 0 saturated heterocycles. The van der Waals surface area contributed by atoms with Gasteiger partial charge in [0.15, 0.2) is 0 Å². The lowest BCUT2D eigenvalue weighted by Crippen LogP contribution is -2.16. The molecule has 1 aromatic heterocycles. The average molecular weight is 171 g/mol. The first-order valence-corrected chi connectivity index (χ1v) is 4.00. The highest BCUT2D eigenvalue weighted by molar-refractivity contribution is 5.14.